The van der Waals surface area contributed by atoms with Crippen molar-refractivity contribution in [1.82, 2.24) is 5.32 Å². The van der Waals surface area contributed by atoms with Crippen molar-refractivity contribution in [3.8, 4) is 0 Å². The summed E-state index contributed by atoms with van der Waals surface area (Å²) in [5.41, 5.74) is 0. The van der Waals surface area contributed by atoms with Gasteiger partial charge in [-0.05, 0) is 12.8 Å². The van der Waals surface area contributed by atoms with Gasteiger partial charge in [-0.1, -0.05) is 239 Å². The van der Waals surface area contributed by atoms with Crippen molar-refractivity contribution in [3.63, 3.8) is 0 Å². The second-order valence-electron chi connectivity index (χ2n) is 18.8. The maximum absolute atomic E-state index is 13.1. The zero-order valence-electron chi connectivity index (χ0n) is 40.4. The van der Waals surface area contributed by atoms with Crippen LogP contribution in [-0.4, -0.2) is 95.4 Å². The van der Waals surface area contributed by atoms with Crippen LogP contribution in [0.1, 0.15) is 258 Å². The first-order chi connectivity index (χ1) is 30.5. The Morgan fingerprint density at radius 2 is 0.921 bits per heavy atom. The monoisotopic (exact) mass is 922 g/mol. The van der Waals surface area contributed by atoms with Gasteiger partial charge in [0.2, 0.25) is 5.91 Å². The third-order valence-corrected chi connectivity index (χ3v) is 13.4. The van der Waals surface area contributed by atoms with Crippen molar-refractivity contribution in [2.75, 3.05) is 13.2 Å². The lowest BCUT2D eigenvalue weighted by Gasteiger charge is -2.41. The Hall–Kier alpha value is -0.900. The van der Waals surface area contributed by atoms with Gasteiger partial charge < -0.3 is 35.2 Å². The first-order valence-corrected chi connectivity index (χ1v) is 27.8. The Morgan fingerprint density at radius 1 is 0.571 bits per heavy atom. The number of ether oxygens (including phenoxy) is 2. The summed E-state index contributed by atoms with van der Waals surface area (Å²) in [5.74, 6) is -0.225. The van der Waals surface area contributed by atoms with Crippen LogP contribution in [0.2, 0.25) is 0 Å². The average molecular weight is 922 g/mol. The molecule has 0 aliphatic carbocycles. The topological polar surface area (TPSA) is 192 Å². The summed E-state index contributed by atoms with van der Waals surface area (Å²) in [4.78, 5) is 13.1. The number of rotatable bonds is 46. The lowest BCUT2D eigenvalue weighted by molar-refractivity contribution is -0.298. The van der Waals surface area contributed by atoms with Crippen molar-refractivity contribution >= 4 is 16.3 Å². The summed E-state index contributed by atoms with van der Waals surface area (Å²) in [6.07, 6.45) is 36.7. The van der Waals surface area contributed by atoms with E-state index >= 15 is 0 Å². The molecule has 63 heavy (non-hydrogen) atoms. The predicted octanol–water partition coefficient (Wildman–Crippen LogP) is 11.3. The molecular formula is C50H99NO11S. The molecule has 0 bridgehead atoms. The van der Waals surface area contributed by atoms with E-state index in [2.05, 4.69) is 23.3 Å². The highest BCUT2D eigenvalue weighted by Crippen LogP contribution is 2.26. The van der Waals surface area contributed by atoms with E-state index in [1.165, 1.54) is 180 Å². The van der Waals surface area contributed by atoms with Gasteiger partial charge in [-0.2, -0.15) is 8.42 Å². The fourth-order valence-electron chi connectivity index (χ4n) is 8.81. The van der Waals surface area contributed by atoms with Crippen LogP contribution >= 0.6 is 0 Å². The zero-order valence-corrected chi connectivity index (χ0v) is 41.2. The van der Waals surface area contributed by atoms with E-state index < -0.39 is 59.9 Å². The molecule has 0 aromatic carbocycles. The summed E-state index contributed by atoms with van der Waals surface area (Å²) in [5, 5.41) is 45.0. The van der Waals surface area contributed by atoms with Crippen molar-refractivity contribution in [3.05, 3.63) is 0 Å². The molecule has 1 amide bonds. The number of amides is 1. The van der Waals surface area contributed by atoms with E-state index in [9.17, 15) is 38.2 Å². The molecule has 13 heteroatoms. The fraction of sp³-hybridized carbons (Fsp3) is 0.980. The smallest absolute Gasteiger partial charge is 0.394 e. The molecule has 0 aromatic heterocycles. The molecule has 376 valence electrons. The van der Waals surface area contributed by atoms with Gasteiger partial charge in [0.1, 0.15) is 24.4 Å². The standard InChI is InChI=1S/C50H99NO11S/c1-3-5-7-9-11-13-15-17-19-20-21-22-23-24-26-27-29-31-33-35-37-39-44(53)43(42-60-50-48(56)49(62-63(57,58)59)47(55)45(41-52)61-50)51-46(54)40-38-36-34-32-30-28-25-18-16-14-12-10-8-6-4-2/h43-45,47-50,52-53,55-56H,3-42H2,1-2H3,(H,51,54)(H,57,58,59). The summed E-state index contributed by atoms with van der Waals surface area (Å²) < 4.78 is 47.8. The van der Waals surface area contributed by atoms with E-state index in [4.69, 9.17) is 9.47 Å². The van der Waals surface area contributed by atoms with E-state index in [0.717, 1.165) is 51.4 Å². The normalized spacial score (nSPS) is 20.3. The largest absolute Gasteiger partial charge is 0.397 e. The van der Waals surface area contributed by atoms with Crippen LogP contribution in [0.4, 0.5) is 0 Å². The Kier molecular flexibility index (Phi) is 39.4. The molecule has 1 aliphatic heterocycles. The number of nitrogens with one attached hydrogen (secondary N) is 1. The van der Waals surface area contributed by atoms with Gasteiger partial charge in [-0.15, -0.1) is 0 Å². The first kappa shape index (κ1) is 60.1. The van der Waals surface area contributed by atoms with E-state index in [1.54, 1.807) is 0 Å². The van der Waals surface area contributed by atoms with Gasteiger partial charge in [0.15, 0.2) is 6.29 Å². The van der Waals surface area contributed by atoms with Crippen LogP contribution in [0.5, 0.6) is 0 Å². The minimum atomic E-state index is -5.07. The van der Waals surface area contributed by atoms with E-state index in [0.29, 0.717) is 12.8 Å². The Bertz CT molecular complexity index is 1130. The molecule has 1 aliphatic rings. The minimum Gasteiger partial charge on any atom is -0.394 e. The molecule has 1 saturated heterocycles. The molecule has 1 fully saturated rings. The summed E-state index contributed by atoms with van der Waals surface area (Å²) in [7, 11) is -5.07. The van der Waals surface area contributed by atoms with Crippen LogP contribution < -0.4 is 5.32 Å². The third kappa shape index (κ3) is 34.1. The number of aliphatic hydroxyl groups excluding tert-OH is 4. The van der Waals surface area contributed by atoms with Crippen LogP contribution in [0.15, 0.2) is 0 Å². The van der Waals surface area contributed by atoms with Gasteiger partial charge in [-0.25, -0.2) is 4.18 Å². The lowest BCUT2D eigenvalue weighted by atomic mass is 9.99. The molecule has 7 unspecified atom stereocenters. The van der Waals surface area contributed by atoms with E-state index in [-0.39, 0.29) is 12.5 Å². The van der Waals surface area contributed by atoms with Crippen LogP contribution in [0.3, 0.4) is 0 Å². The SMILES string of the molecule is CCCCCCCCCCCCCCCCCCCCCCCC(O)C(COC1OC(CO)C(O)C(OS(=O)(=O)O)C1O)NC(=O)CCCCCCCCCCCCCCCCC. The van der Waals surface area contributed by atoms with Gasteiger partial charge in [0, 0.05) is 6.42 Å². The summed E-state index contributed by atoms with van der Waals surface area (Å²) >= 11 is 0. The zero-order chi connectivity index (χ0) is 46.2. The highest BCUT2D eigenvalue weighted by atomic mass is 32.3. The fourth-order valence-corrected chi connectivity index (χ4v) is 9.32. The van der Waals surface area contributed by atoms with Crippen molar-refractivity contribution in [1.29, 1.82) is 0 Å². The number of carbonyl (C=O) groups is 1. The molecule has 6 N–H and O–H groups in total. The Morgan fingerprint density at radius 3 is 1.27 bits per heavy atom. The van der Waals surface area contributed by atoms with Crippen LogP contribution in [0.25, 0.3) is 0 Å². The van der Waals surface area contributed by atoms with E-state index in [1.807, 2.05) is 0 Å². The summed E-state index contributed by atoms with van der Waals surface area (Å²) in [6, 6.07) is -0.852. The third-order valence-electron chi connectivity index (χ3n) is 12.9. The second-order valence-corrected chi connectivity index (χ2v) is 19.9. The van der Waals surface area contributed by atoms with Gasteiger partial charge in [0.05, 0.1) is 25.4 Å². The van der Waals surface area contributed by atoms with Crippen molar-refractivity contribution in [2.24, 2.45) is 0 Å². The van der Waals surface area contributed by atoms with Gasteiger partial charge in [-0.3, -0.25) is 9.35 Å². The molecule has 7 atom stereocenters. The quantitative estimate of drug-likeness (QED) is 0.0251. The molecule has 0 spiro atoms. The molecule has 1 heterocycles. The first-order valence-electron chi connectivity index (χ1n) is 26.4. The summed E-state index contributed by atoms with van der Waals surface area (Å²) in [6.45, 7) is 3.48. The maximum atomic E-state index is 13.1. The number of hydrogen-bond acceptors (Lipinski definition) is 10. The maximum Gasteiger partial charge on any atom is 0.397 e. The molecule has 0 radical (unpaired) electrons. The van der Waals surface area contributed by atoms with Gasteiger partial charge in [0.25, 0.3) is 0 Å². The second kappa shape index (κ2) is 41.3. The number of carbonyl (C=O) groups excluding carboxylic acids is 1. The van der Waals surface area contributed by atoms with Gasteiger partial charge >= 0.3 is 10.4 Å². The average Bonchev–Trinajstić information content (AvgIpc) is 3.25. The van der Waals surface area contributed by atoms with Crippen LogP contribution in [-0.2, 0) is 28.9 Å². The number of hydrogen-bond donors (Lipinski definition) is 6. The minimum absolute atomic E-state index is 0.225. The van der Waals surface area contributed by atoms with Crippen LogP contribution in [0, 0.1) is 0 Å². The molecule has 1 rings (SSSR count). The predicted molar refractivity (Wildman–Crippen MR) is 255 cm³/mol. The van der Waals surface area contributed by atoms with Crippen molar-refractivity contribution < 1.29 is 51.8 Å². The van der Waals surface area contributed by atoms with Crippen molar-refractivity contribution in [2.45, 2.75) is 301 Å². The number of unbranched alkanes of at least 4 members (excludes halogenated alkanes) is 34. The Labute approximate surface area is 386 Å². The number of aliphatic hydroxyl groups is 4. The molecule has 0 saturated carbocycles. The highest BCUT2D eigenvalue weighted by Gasteiger charge is 2.48. The molecular weight excluding hydrogens is 823 g/mol. The lowest BCUT2D eigenvalue weighted by Crippen LogP contribution is -2.61. The molecule has 0 aromatic rings. The molecule has 12 nitrogen and oxygen atoms in total. The highest BCUT2D eigenvalue weighted by molar-refractivity contribution is 7.80. The Balaban J connectivity index is 2.39.